The summed E-state index contributed by atoms with van der Waals surface area (Å²) in [4.78, 5) is 26.6. The van der Waals surface area contributed by atoms with Crippen LogP contribution in [0.4, 0.5) is 20.6 Å². The summed E-state index contributed by atoms with van der Waals surface area (Å²) >= 11 is 0. The fourth-order valence-corrected chi connectivity index (χ4v) is 4.07. The third kappa shape index (κ3) is 3.21. The van der Waals surface area contributed by atoms with Gasteiger partial charge in [-0.25, -0.2) is 9.18 Å². The predicted octanol–water partition coefficient (Wildman–Crippen LogP) is 0.943. The van der Waals surface area contributed by atoms with E-state index in [1.165, 1.54) is 17.9 Å². The monoisotopic (exact) mass is 362 g/mol. The first-order chi connectivity index (χ1) is 12.5. The summed E-state index contributed by atoms with van der Waals surface area (Å²) in [6, 6.07) is 4.89. The lowest BCUT2D eigenvalue weighted by molar-refractivity contribution is -0.119. The Labute approximate surface area is 151 Å². The van der Waals surface area contributed by atoms with Crippen LogP contribution in [-0.4, -0.2) is 57.4 Å². The van der Waals surface area contributed by atoms with Crippen molar-refractivity contribution in [2.45, 2.75) is 13.0 Å². The fraction of sp³-hybridized carbons (Fsp3) is 0.556. The molecule has 0 radical (unpaired) electrons. The van der Waals surface area contributed by atoms with Gasteiger partial charge in [-0.05, 0) is 30.0 Å². The summed E-state index contributed by atoms with van der Waals surface area (Å²) in [6.07, 6.45) is -0.950. The number of halogens is 1. The Morgan fingerprint density at radius 3 is 2.69 bits per heavy atom. The molecule has 8 heteroatoms. The van der Waals surface area contributed by atoms with Crippen LogP contribution >= 0.6 is 0 Å². The van der Waals surface area contributed by atoms with Crippen LogP contribution in [-0.2, 0) is 9.53 Å². The van der Waals surface area contributed by atoms with E-state index in [9.17, 15) is 14.0 Å². The van der Waals surface area contributed by atoms with Gasteiger partial charge in [-0.15, -0.1) is 0 Å². The molecule has 0 saturated carbocycles. The number of nitrogens with one attached hydrogen (secondary N) is 2. The van der Waals surface area contributed by atoms with Gasteiger partial charge in [0.05, 0.1) is 24.5 Å². The van der Waals surface area contributed by atoms with Gasteiger partial charge in [0, 0.05) is 33.1 Å². The zero-order valence-electron chi connectivity index (χ0n) is 14.7. The fourth-order valence-electron chi connectivity index (χ4n) is 4.07. The number of ether oxygens (including phenoxy) is 1. The Morgan fingerprint density at radius 1 is 1.31 bits per heavy atom. The highest BCUT2D eigenvalue weighted by atomic mass is 19.1. The van der Waals surface area contributed by atoms with Crippen molar-refractivity contribution >= 4 is 23.4 Å². The molecular formula is C18H23FN4O3. The van der Waals surface area contributed by atoms with Crippen LogP contribution in [0.25, 0.3) is 0 Å². The number of cyclic esters (lactones) is 1. The van der Waals surface area contributed by atoms with Crippen molar-refractivity contribution in [3.63, 3.8) is 0 Å². The zero-order valence-corrected chi connectivity index (χ0v) is 14.7. The molecular weight excluding hydrogens is 339 g/mol. The number of hydrogen-bond donors (Lipinski definition) is 2. The molecule has 140 valence electrons. The van der Waals surface area contributed by atoms with E-state index in [0.29, 0.717) is 23.2 Å². The van der Waals surface area contributed by atoms with Crippen molar-refractivity contribution in [3.8, 4) is 0 Å². The van der Waals surface area contributed by atoms with Gasteiger partial charge < -0.3 is 20.3 Å². The second kappa shape index (κ2) is 6.75. The number of carbonyl (C=O) groups is 2. The molecule has 1 aromatic carbocycles. The molecule has 3 heterocycles. The Morgan fingerprint density at radius 2 is 2.04 bits per heavy atom. The van der Waals surface area contributed by atoms with E-state index in [2.05, 4.69) is 15.5 Å². The number of benzene rings is 1. The van der Waals surface area contributed by atoms with Gasteiger partial charge in [0.15, 0.2) is 0 Å². The largest absolute Gasteiger partial charge is 0.442 e. The van der Waals surface area contributed by atoms with E-state index >= 15 is 0 Å². The molecule has 2 N–H and O–H groups in total. The number of amides is 2. The van der Waals surface area contributed by atoms with Gasteiger partial charge in [-0.3, -0.25) is 9.69 Å². The average Bonchev–Trinajstić information content (AvgIpc) is 3.27. The van der Waals surface area contributed by atoms with E-state index in [4.69, 9.17) is 4.74 Å². The van der Waals surface area contributed by atoms with E-state index in [1.807, 2.05) is 0 Å². The van der Waals surface area contributed by atoms with Crippen molar-refractivity contribution in [2.75, 3.05) is 49.1 Å². The van der Waals surface area contributed by atoms with Gasteiger partial charge in [-0.1, -0.05) is 0 Å². The Hall–Kier alpha value is -2.35. The Bertz CT molecular complexity index is 716. The lowest BCUT2D eigenvalue weighted by Gasteiger charge is -2.22. The number of carbonyl (C=O) groups excluding carboxylic acids is 2. The number of rotatable bonds is 4. The topological polar surface area (TPSA) is 73.9 Å². The molecule has 3 atom stereocenters. The molecule has 26 heavy (non-hydrogen) atoms. The van der Waals surface area contributed by atoms with Gasteiger partial charge in [0.25, 0.3) is 0 Å². The molecule has 3 saturated heterocycles. The van der Waals surface area contributed by atoms with Crippen molar-refractivity contribution in [2.24, 2.45) is 11.8 Å². The molecule has 0 bridgehead atoms. The maximum atomic E-state index is 14.7. The summed E-state index contributed by atoms with van der Waals surface area (Å²) in [5.74, 6) is 0.656. The van der Waals surface area contributed by atoms with E-state index in [-0.39, 0.29) is 24.8 Å². The number of hydrogen-bond acceptors (Lipinski definition) is 5. The molecule has 4 rings (SSSR count). The highest BCUT2D eigenvalue weighted by Gasteiger charge is 2.37. The number of fused-ring (bicyclic) bond motifs is 1. The summed E-state index contributed by atoms with van der Waals surface area (Å²) in [5, 5.41) is 6.01. The second-order valence-corrected chi connectivity index (χ2v) is 7.27. The molecule has 0 aromatic heterocycles. The Kier molecular flexibility index (Phi) is 4.44. The van der Waals surface area contributed by atoms with Crippen LogP contribution in [0.3, 0.4) is 0 Å². The first-order valence-electron chi connectivity index (χ1n) is 8.99. The molecule has 3 unspecified atom stereocenters. The molecule has 3 fully saturated rings. The quantitative estimate of drug-likeness (QED) is 0.834. The maximum Gasteiger partial charge on any atom is 0.414 e. The summed E-state index contributed by atoms with van der Waals surface area (Å²) in [5.41, 5.74) is 1.06. The zero-order chi connectivity index (χ0) is 18.3. The SMILES string of the molecule is CC(=O)NCC1CN(c2ccc(N3CC4CNCC4C3)c(F)c2)C(=O)O1. The molecule has 7 nitrogen and oxygen atoms in total. The lowest BCUT2D eigenvalue weighted by Crippen LogP contribution is -2.33. The molecule has 3 aliphatic heterocycles. The van der Waals surface area contributed by atoms with Gasteiger partial charge >= 0.3 is 6.09 Å². The van der Waals surface area contributed by atoms with Crippen molar-refractivity contribution in [3.05, 3.63) is 24.0 Å². The normalized spacial score (nSPS) is 27.6. The smallest absolute Gasteiger partial charge is 0.414 e. The van der Waals surface area contributed by atoms with Crippen molar-refractivity contribution < 1.29 is 18.7 Å². The highest BCUT2D eigenvalue weighted by Crippen LogP contribution is 2.34. The van der Waals surface area contributed by atoms with Crippen LogP contribution in [0.5, 0.6) is 0 Å². The lowest BCUT2D eigenvalue weighted by atomic mass is 10.0. The van der Waals surface area contributed by atoms with Gasteiger partial charge in [0.1, 0.15) is 11.9 Å². The van der Waals surface area contributed by atoms with Crippen LogP contribution < -0.4 is 20.4 Å². The Balaban J connectivity index is 1.44. The minimum atomic E-state index is -0.519. The first kappa shape index (κ1) is 17.1. The second-order valence-electron chi connectivity index (χ2n) is 7.27. The van der Waals surface area contributed by atoms with Crippen LogP contribution in [0.1, 0.15) is 6.92 Å². The molecule has 0 aliphatic carbocycles. The van der Waals surface area contributed by atoms with Crippen molar-refractivity contribution in [1.82, 2.24) is 10.6 Å². The van der Waals surface area contributed by atoms with Crippen LogP contribution in [0.15, 0.2) is 18.2 Å². The number of anilines is 2. The molecule has 3 aliphatic rings. The van der Waals surface area contributed by atoms with E-state index in [0.717, 1.165) is 26.2 Å². The average molecular weight is 362 g/mol. The van der Waals surface area contributed by atoms with Gasteiger partial charge in [-0.2, -0.15) is 0 Å². The van der Waals surface area contributed by atoms with E-state index < -0.39 is 12.2 Å². The molecule has 0 spiro atoms. The minimum absolute atomic E-state index is 0.180. The molecule has 1 aromatic rings. The van der Waals surface area contributed by atoms with Gasteiger partial charge in [0.2, 0.25) is 5.91 Å². The third-order valence-corrected chi connectivity index (χ3v) is 5.43. The van der Waals surface area contributed by atoms with Crippen molar-refractivity contribution in [1.29, 1.82) is 0 Å². The summed E-state index contributed by atoms with van der Waals surface area (Å²) in [6.45, 7) is 5.66. The minimum Gasteiger partial charge on any atom is -0.442 e. The van der Waals surface area contributed by atoms with Crippen LogP contribution in [0, 0.1) is 17.7 Å². The standard InChI is InChI=1S/C18H23FN4O3/c1-11(24)21-7-15-10-23(18(25)26-15)14-2-3-17(16(19)4-14)22-8-12-5-20-6-13(12)9-22/h2-4,12-13,15,20H,5-10H2,1H3,(H,21,24). The highest BCUT2D eigenvalue weighted by molar-refractivity contribution is 5.90. The van der Waals surface area contributed by atoms with E-state index in [1.54, 1.807) is 12.1 Å². The maximum absolute atomic E-state index is 14.7. The molecule has 2 amide bonds. The summed E-state index contributed by atoms with van der Waals surface area (Å²) in [7, 11) is 0. The summed E-state index contributed by atoms with van der Waals surface area (Å²) < 4.78 is 19.9. The predicted molar refractivity (Wildman–Crippen MR) is 94.8 cm³/mol. The number of nitrogens with zero attached hydrogens (tertiary/aromatic N) is 2. The van der Waals surface area contributed by atoms with Crippen LogP contribution in [0.2, 0.25) is 0 Å². The first-order valence-corrected chi connectivity index (χ1v) is 8.99. The third-order valence-electron chi connectivity index (χ3n) is 5.43.